The summed E-state index contributed by atoms with van der Waals surface area (Å²) in [4.78, 5) is 27.3. The molecule has 7 heteroatoms. The third kappa shape index (κ3) is 8.63. The molecule has 1 aromatic heterocycles. The van der Waals surface area contributed by atoms with Crippen LogP contribution in [0.1, 0.15) is 99.6 Å². The van der Waals surface area contributed by atoms with Gasteiger partial charge in [0.1, 0.15) is 17.9 Å². The number of aryl methyl sites for hydroxylation is 1. The first-order chi connectivity index (χ1) is 21.4. The Morgan fingerprint density at radius 2 is 1.95 bits per heavy atom. The maximum Gasteiger partial charge on any atom is 0.139 e. The van der Waals surface area contributed by atoms with Gasteiger partial charge in [-0.1, -0.05) is 24.6 Å². The summed E-state index contributed by atoms with van der Waals surface area (Å²) < 4.78 is 5.51. The van der Waals surface area contributed by atoms with Crippen molar-refractivity contribution in [2.45, 2.75) is 78.6 Å². The van der Waals surface area contributed by atoms with Gasteiger partial charge in [0.25, 0.3) is 0 Å². The number of anilines is 2. The molecule has 4 rings (SSSR count). The second-order valence-corrected chi connectivity index (χ2v) is 12.0. The van der Waals surface area contributed by atoms with Gasteiger partial charge < -0.3 is 19.7 Å². The Hall–Kier alpha value is -3.84. The van der Waals surface area contributed by atoms with Gasteiger partial charge in [-0.15, -0.1) is 0 Å². The van der Waals surface area contributed by atoms with E-state index in [9.17, 15) is 4.79 Å². The molecule has 0 bridgehead atoms. The summed E-state index contributed by atoms with van der Waals surface area (Å²) >= 11 is 0. The number of piperidine rings is 1. The number of benzene rings is 1. The van der Waals surface area contributed by atoms with E-state index in [0.29, 0.717) is 12.3 Å². The molecule has 2 heterocycles. The summed E-state index contributed by atoms with van der Waals surface area (Å²) in [5.41, 5.74) is 10.2. The molecule has 7 nitrogen and oxygen atoms in total. The lowest BCUT2D eigenvalue weighted by atomic mass is 9.86. The lowest BCUT2D eigenvalue weighted by Crippen LogP contribution is -2.34. The Balaban J connectivity index is 1.64. The number of carbonyl (C=O) groups is 1. The first kappa shape index (κ1) is 33.1. The molecule has 0 amide bonds. The minimum Gasteiger partial charge on any atom is -0.495 e. The summed E-state index contributed by atoms with van der Waals surface area (Å²) in [5.74, 6) is 2.16. The smallest absolute Gasteiger partial charge is 0.139 e. The third-order valence-corrected chi connectivity index (χ3v) is 8.86. The first-order valence-corrected chi connectivity index (χ1v) is 16.0. The van der Waals surface area contributed by atoms with E-state index < -0.39 is 0 Å². The maximum absolute atomic E-state index is 10.8. The first-order valence-electron chi connectivity index (χ1n) is 16.0. The molecule has 1 N–H and O–H groups in total. The molecule has 0 radical (unpaired) electrons. The van der Waals surface area contributed by atoms with E-state index in [1.807, 2.05) is 26.4 Å². The van der Waals surface area contributed by atoms with Crippen LogP contribution in [-0.4, -0.2) is 62.4 Å². The third-order valence-electron chi connectivity index (χ3n) is 8.86. The summed E-state index contributed by atoms with van der Waals surface area (Å²) in [5, 5.41) is 3.68. The van der Waals surface area contributed by atoms with Gasteiger partial charge in [-0.25, -0.2) is 4.98 Å². The van der Waals surface area contributed by atoms with Gasteiger partial charge in [0.15, 0.2) is 0 Å². The fourth-order valence-corrected chi connectivity index (χ4v) is 5.84. The number of ether oxygens (including phenoxy) is 1. The van der Waals surface area contributed by atoms with Crippen LogP contribution in [0, 0.1) is 6.92 Å². The van der Waals surface area contributed by atoms with Crippen LogP contribution in [-0.2, 0) is 9.53 Å². The van der Waals surface area contributed by atoms with E-state index >= 15 is 0 Å². The summed E-state index contributed by atoms with van der Waals surface area (Å²) in [6.45, 7) is 11.4. The zero-order chi connectivity index (χ0) is 31.5. The number of nitrogens with one attached hydrogen (secondary N) is 1. The van der Waals surface area contributed by atoms with Gasteiger partial charge in [0, 0.05) is 49.2 Å². The van der Waals surface area contributed by atoms with E-state index in [1.165, 1.54) is 23.1 Å². The monoisotopic (exact) mass is 595 g/mol. The van der Waals surface area contributed by atoms with Crippen molar-refractivity contribution in [3.63, 3.8) is 0 Å². The number of methoxy groups -OCH3 is 1. The highest BCUT2D eigenvalue weighted by Crippen LogP contribution is 2.35. The molecular formula is C37H49N5O2. The van der Waals surface area contributed by atoms with Crippen LogP contribution >= 0.6 is 0 Å². The number of aromatic nitrogens is 1. The van der Waals surface area contributed by atoms with Crippen molar-refractivity contribution in [2.24, 2.45) is 9.98 Å². The Labute approximate surface area is 263 Å². The molecule has 0 atom stereocenters. The number of allylic oxidation sites excluding steroid dienone is 4. The average molecular weight is 596 g/mol. The zero-order valence-corrected chi connectivity index (χ0v) is 27.4. The molecule has 1 aliphatic carbocycles. The Bertz CT molecular complexity index is 1450. The Morgan fingerprint density at radius 1 is 1.18 bits per heavy atom. The highest BCUT2D eigenvalue weighted by atomic mass is 16.5. The lowest BCUT2D eigenvalue weighted by Gasteiger charge is -2.32. The van der Waals surface area contributed by atoms with Gasteiger partial charge in [-0.05, 0) is 119 Å². The normalized spacial score (nSPS) is 17.1. The molecule has 0 spiro atoms. The van der Waals surface area contributed by atoms with Crippen LogP contribution < -0.4 is 5.32 Å². The molecule has 2 aromatic rings. The molecule has 1 saturated heterocycles. The topological polar surface area (TPSA) is 79.2 Å². The maximum atomic E-state index is 10.8. The van der Waals surface area contributed by atoms with Crippen molar-refractivity contribution in [1.82, 2.24) is 9.88 Å². The Morgan fingerprint density at radius 3 is 2.57 bits per heavy atom. The van der Waals surface area contributed by atoms with E-state index in [1.54, 1.807) is 13.3 Å². The van der Waals surface area contributed by atoms with Crippen molar-refractivity contribution in [2.75, 3.05) is 39.1 Å². The number of likely N-dealkylation sites (tertiary alicyclic amines) is 1. The number of hydrogen-bond acceptors (Lipinski definition) is 7. The zero-order valence-electron chi connectivity index (χ0n) is 27.4. The molecular weight excluding hydrogens is 546 g/mol. The van der Waals surface area contributed by atoms with E-state index in [0.717, 1.165) is 103 Å². The number of rotatable bonds is 13. The highest BCUT2D eigenvalue weighted by Gasteiger charge is 2.22. The number of aliphatic imine (C=N–C) groups is 2. The van der Waals surface area contributed by atoms with Gasteiger partial charge >= 0.3 is 0 Å². The number of nitrogens with zero attached hydrogens (tertiary/aromatic N) is 4. The average Bonchev–Trinajstić information content (AvgIpc) is 3.00. The van der Waals surface area contributed by atoms with Gasteiger partial charge in [0.05, 0.1) is 19.0 Å². The number of pyridine rings is 1. The van der Waals surface area contributed by atoms with Crippen LogP contribution in [0.15, 0.2) is 57.4 Å². The minimum absolute atomic E-state index is 0.548. The second-order valence-electron chi connectivity index (χ2n) is 12.0. The molecule has 0 unspecified atom stereocenters. The van der Waals surface area contributed by atoms with Gasteiger partial charge in [0.2, 0.25) is 0 Å². The molecule has 1 aromatic carbocycles. The molecule has 2 fully saturated rings. The Kier molecular flexibility index (Phi) is 12.2. The number of aldehydes is 1. The lowest BCUT2D eigenvalue weighted by molar-refractivity contribution is -0.108. The van der Waals surface area contributed by atoms with Crippen molar-refractivity contribution >= 4 is 41.9 Å². The molecule has 44 heavy (non-hydrogen) atoms. The largest absolute Gasteiger partial charge is 0.495 e. The fourth-order valence-electron chi connectivity index (χ4n) is 5.84. The predicted molar refractivity (Wildman–Crippen MR) is 185 cm³/mol. The van der Waals surface area contributed by atoms with E-state index in [4.69, 9.17) is 9.72 Å². The van der Waals surface area contributed by atoms with Crippen molar-refractivity contribution in [3.05, 3.63) is 75.3 Å². The second kappa shape index (κ2) is 16.3. The number of hydrogen-bond donors (Lipinski definition) is 1. The highest BCUT2D eigenvalue weighted by molar-refractivity contribution is 5.91. The fraction of sp³-hybridized carbons (Fsp3) is 0.459. The van der Waals surface area contributed by atoms with Crippen molar-refractivity contribution < 1.29 is 9.53 Å². The van der Waals surface area contributed by atoms with Gasteiger partial charge in [-0.3, -0.25) is 9.98 Å². The minimum atomic E-state index is 0.548. The standard InChI is InChI=1S/C37H49N5O2/c1-7-26(2)36(44-6)25-39-23-28(4)35-22-31(24-38-5)34(21-29-10-8-11-29)37(41-35)40-32-12-13-33(27(3)20-32)30-14-17-42(18-15-30)16-9-19-43/h12-13,19-25,30H,7-11,14-18H2,1-6H3,(H,40,41)/b28-23+,36-26?,38-24?,39-25?. The van der Waals surface area contributed by atoms with Crippen molar-refractivity contribution in [3.8, 4) is 0 Å². The van der Waals surface area contributed by atoms with Crippen LogP contribution in [0.3, 0.4) is 0 Å². The quantitative estimate of drug-likeness (QED) is 0.143. The molecule has 2 aliphatic rings. The summed E-state index contributed by atoms with van der Waals surface area (Å²) in [6.07, 6.45) is 16.1. The van der Waals surface area contributed by atoms with Crippen LogP contribution in [0.25, 0.3) is 11.6 Å². The molecule has 1 saturated carbocycles. The molecule has 234 valence electrons. The number of carbonyl (C=O) groups excluding carboxylic acids is 1. The van der Waals surface area contributed by atoms with E-state index in [2.05, 4.69) is 71.3 Å². The van der Waals surface area contributed by atoms with Crippen LogP contribution in [0.5, 0.6) is 0 Å². The molecule has 1 aliphatic heterocycles. The van der Waals surface area contributed by atoms with Crippen LogP contribution in [0.4, 0.5) is 11.5 Å². The van der Waals surface area contributed by atoms with Crippen molar-refractivity contribution in [1.29, 1.82) is 0 Å². The van der Waals surface area contributed by atoms with E-state index in [-0.39, 0.29) is 0 Å². The summed E-state index contributed by atoms with van der Waals surface area (Å²) in [6, 6.07) is 8.82. The summed E-state index contributed by atoms with van der Waals surface area (Å²) in [7, 11) is 3.49. The SMILES string of the molecule is CCC(C)=C(C=N/C=C(\C)c1cc(C=NC)c(C=C2CCC2)c(Nc2ccc(C3CCN(CCC=O)CC3)c(C)c2)n1)OC. The van der Waals surface area contributed by atoms with Gasteiger partial charge in [-0.2, -0.15) is 0 Å². The van der Waals surface area contributed by atoms with Crippen LogP contribution in [0.2, 0.25) is 0 Å². The predicted octanol–water partition coefficient (Wildman–Crippen LogP) is 8.28.